The molecule has 0 aromatic heterocycles. The van der Waals surface area contributed by atoms with Gasteiger partial charge in [0.1, 0.15) is 6.42 Å². The lowest BCUT2D eigenvalue weighted by atomic mass is 10.1. The van der Waals surface area contributed by atoms with E-state index in [0.29, 0.717) is 17.8 Å². The minimum Gasteiger partial charge on any atom is -0.351 e. The van der Waals surface area contributed by atoms with Crippen LogP contribution < -0.4 is 10.6 Å². The predicted molar refractivity (Wildman–Crippen MR) is 87.7 cm³/mol. The Bertz CT molecular complexity index is 746. The molecule has 0 bridgehead atoms. The fourth-order valence-corrected chi connectivity index (χ4v) is 2.03. The van der Waals surface area contributed by atoms with Crippen molar-refractivity contribution in [1.82, 2.24) is 5.32 Å². The third kappa shape index (κ3) is 4.97. The Morgan fingerprint density at radius 1 is 1.13 bits per heavy atom. The zero-order chi connectivity index (χ0) is 16.7. The van der Waals surface area contributed by atoms with Gasteiger partial charge in [0.25, 0.3) is 5.91 Å². The van der Waals surface area contributed by atoms with E-state index in [4.69, 9.17) is 5.26 Å². The monoisotopic (exact) mass is 307 g/mol. The Balaban J connectivity index is 1.93. The standard InChI is InChI=1S/C18H17N3O2/c1-13-3-2-4-15(11-13)18(23)21-16-7-5-14(6-8-16)12-20-17(22)9-10-19/h2-8,11H,9,12H2,1H3,(H,20,22)(H,21,23). The molecule has 0 saturated carbocycles. The highest BCUT2D eigenvalue weighted by atomic mass is 16.2. The van der Waals surface area contributed by atoms with Crippen LogP contribution in [0, 0.1) is 18.3 Å². The van der Waals surface area contributed by atoms with E-state index < -0.39 is 0 Å². The molecule has 5 nitrogen and oxygen atoms in total. The van der Waals surface area contributed by atoms with Gasteiger partial charge in [-0.15, -0.1) is 0 Å². The Labute approximate surface area is 134 Å². The number of hydrogen-bond acceptors (Lipinski definition) is 3. The molecule has 0 spiro atoms. The van der Waals surface area contributed by atoms with Gasteiger partial charge in [-0.2, -0.15) is 5.26 Å². The smallest absolute Gasteiger partial charge is 0.255 e. The van der Waals surface area contributed by atoms with Crippen LogP contribution in [-0.2, 0) is 11.3 Å². The van der Waals surface area contributed by atoms with Crippen LogP contribution in [0.2, 0.25) is 0 Å². The van der Waals surface area contributed by atoms with Gasteiger partial charge in [0, 0.05) is 17.8 Å². The molecule has 0 aliphatic heterocycles. The molecule has 0 aliphatic rings. The van der Waals surface area contributed by atoms with E-state index in [1.807, 2.05) is 37.3 Å². The van der Waals surface area contributed by atoms with Gasteiger partial charge in [0.2, 0.25) is 5.91 Å². The third-order valence-corrected chi connectivity index (χ3v) is 3.22. The number of nitrogens with one attached hydrogen (secondary N) is 2. The van der Waals surface area contributed by atoms with Crippen LogP contribution in [0.3, 0.4) is 0 Å². The predicted octanol–water partition coefficient (Wildman–Crippen LogP) is 2.78. The molecule has 23 heavy (non-hydrogen) atoms. The second-order valence-electron chi connectivity index (χ2n) is 5.13. The second kappa shape index (κ2) is 7.76. The lowest BCUT2D eigenvalue weighted by Gasteiger charge is -2.08. The Morgan fingerprint density at radius 3 is 2.52 bits per heavy atom. The highest BCUT2D eigenvalue weighted by Gasteiger charge is 2.06. The number of rotatable bonds is 5. The maximum absolute atomic E-state index is 12.1. The first-order chi connectivity index (χ1) is 11.1. The summed E-state index contributed by atoms with van der Waals surface area (Å²) in [5.74, 6) is -0.465. The normalized spacial score (nSPS) is 9.74. The van der Waals surface area contributed by atoms with Crippen molar-refractivity contribution in [1.29, 1.82) is 5.26 Å². The lowest BCUT2D eigenvalue weighted by molar-refractivity contribution is -0.120. The molecule has 0 fully saturated rings. The summed E-state index contributed by atoms with van der Waals surface area (Å²) in [6.07, 6.45) is -0.148. The molecule has 116 valence electrons. The van der Waals surface area contributed by atoms with Crippen LogP contribution in [0.25, 0.3) is 0 Å². The number of hydrogen-bond donors (Lipinski definition) is 2. The number of benzene rings is 2. The van der Waals surface area contributed by atoms with E-state index in [1.165, 1.54) is 0 Å². The molecule has 0 atom stereocenters. The number of carbonyl (C=O) groups is 2. The van der Waals surface area contributed by atoms with Gasteiger partial charge in [-0.3, -0.25) is 9.59 Å². The van der Waals surface area contributed by atoms with Gasteiger partial charge in [-0.1, -0.05) is 29.8 Å². The maximum atomic E-state index is 12.1. The molecule has 2 rings (SSSR count). The van der Waals surface area contributed by atoms with Crippen molar-refractivity contribution in [3.8, 4) is 6.07 Å². The molecule has 2 aromatic rings. The summed E-state index contributed by atoms with van der Waals surface area (Å²) in [6.45, 7) is 2.29. The highest BCUT2D eigenvalue weighted by molar-refractivity contribution is 6.04. The van der Waals surface area contributed by atoms with Crippen molar-refractivity contribution < 1.29 is 9.59 Å². The minimum atomic E-state index is -0.302. The van der Waals surface area contributed by atoms with Crippen molar-refractivity contribution in [3.05, 3.63) is 65.2 Å². The van der Waals surface area contributed by atoms with Gasteiger partial charge in [-0.25, -0.2) is 0 Å². The van der Waals surface area contributed by atoms with Crippen LogP contribution in [-0.4, -0.2) is 11.8 Å². The zero-order valence-electron chi connectivity index (χ0n) is 12.8. The van der Waals surface area contributed by atoms with Crippen molar-refractivity contribution >= 4 is 17.5 Å². The van der Waals surface area contributed by atoms with Crippen molar-refractivity contribution in [2.45, 2.75) is 19.9 Å². The first-order valence-corrected chi connectivity index (χ1v) is 7.19. The molecule has 5 heteroatoms. The Kier molecular flexibility index (Phi) is 5.48. The number of anilines is 1. The van der Waals surface area contributed by atoms with Crippen LogP contribution in [0.5, 0.6) is 0 Å². The molecule has 0 aliphatic carbocycles. The van der Waals surface area contributed by atoms with Gasteiger partial charge in [0.05, 0.1) is 6.07 Å². The summed E-state index contributed by atoms with van der Waals surface area (Å²) in [6, 6.07) is 16.4. The summed E-state index contributed by atoms with van der Waals surface area (Å²) in [5.41, 5.74) is 3.22. The lowest BCUT2D eigenvalue weighted by Crippen LogP contribution is -2.21. The molecule has 0 unspecified atom stereocenters. The quantitative estimate of drug-likeness (QED) is 0.891. The summed E-state index contributed by atoms with van der Waals surface area (Å²) in [5, 5.41) is 13.9. The molecule has 0 heterocycles. The average Bonchev–Trinajstić information content (AvgIpc) is 2.54. The topological polar surface area (TPSA) is 82.0 Å². The first-order valence-electron chi connectivity index (χ1n) is 7.19. The third-order valence-electron chi connectivity index (χ3n) is 3.22. The van der Waals surface area contributed by atoms with E-state index >= 15 is 0 Å². The van der Waals surface area contributed by atoms with Gasteiger partial charge in [-0.05, 0) is 36.8 Å². The van der Waals surface area contributed by atoms with Crippen LogP contribution in [0.1, 0.15) is 27.9 Å². The molecular weight excluding hydrogens is 290 g/mol. The minimum absolute atomic E-state index is 0.148. The van der Waals surface area contributed by atoms with Crippen molar-refractivity contribution in [3.63, 3.8) is 0 Å². The fraction of sp³-hybridized carbons (Fsp3) is 0.167. The maximum Gasteiger partial charge on any atom is 0.255 e. The van der Waals surface area contributed by atoms with Crippen LogP contribution >= 0.6 is 0 Å². The molecule has 2 amide bonds. The van der Waals surface area contributed by atoms with E-state index in [9.17, 15) is 9.59 Å². The van der Waals surface area contributed by atoms with E-state index in [1.54, 1.807) is 24.3 Å². The fourth-order valence-electron chi connectivity index (χ4n) is 2.03. The Morgan fingerprint density at radius 2 is 1.87 bits per heavy atom. The average molecular weight is 307 g/mol. The number of aryl methyl sites for hydroxylation is 1. The molecule has 0 radical (unpaired) electrons. The van der Waals surface area contributed by atoms with Gasteiger partial charge in [0.15, 0.2) is 0 Å². The zero-order valence-corrected chi connectivity index (χ0v) is 12.8. The molecule has 0 saturated heterocycles. The SMILES string of the molecule is Cc1cccc(C(=O)Nc2ccc(CNC(=O)CC#N)cc2)c1. The highest BCUT2D eigenvalue weighted by Crippen LogP contribution is 2.12. The van der Waals surface area contributed by atoms with Crippen LogP contribution in [0.4, 0.5) is 5.69 Å². The van der Waals surface area contributed by atoms with Crippen LogP contribution in [0.15, 0.2) is 48.5 Å². The second-order valence-corrected chi connectivity index (χ2v) is 5.13. The number of carbonyl (C=O) groups excluding carboxylic acids is 2. The van der Waals surface area contributed by atoms with E-state index in [0.717, 1.165) is 11.1 Å². The molecular formula is C18H17N3O2. The molecule has 2 N–H and O–H groups in total. The van der Waals surface area contributed by atoms with E-state index in [-0.39, 0.29) is 18.2 Å². The first kappa shape index (κ1) is 16.2. The summed E-state index contributed by atoms with van der Waals surface area (Å²) in [4.78, 5) is 23.4. The summed E-state index contributed by atoms with van der Waals surface area (Å²) in [7, 11) is 0. The largest absolute Gasteiger partial charge is 0.351 e. The van der Waals surface area contributed by atoms with Crippen molar-refractivity contribution in [2.75, 3.05) is 5.32 Å². The number of amides is 2. The Hall–Kier alpha value is -3.13. The van der Waals surface area contributed by atoms with Crippen molar-refractivity contribution in [2.24, 2.45) is 0 Å². The van der Waals surface area contributed by atoms with Gasteiger partial charge < -0.3 is 10.6 Å². The van der Waals surface area contributed by atoms with E-state index in [2.05, 4.69) is 10.6 Å². The number of nitrogens with zero attached hydrogens (tertiary/aromatic N) is 1. The molecule has 2 aromatic carbocycles. The van der Waals surface area contributed by atoms with Gasteiger partial charge >= 0.3 is 0 Å². The number of nitriles is 1. The summed E-state index contributed by atoms with van der Waals surface area (Å²) < 4.78 is 0. The summed E-state index contributed by atoms with van der Waals surface area (Å²) >= 11 is 0.